The van der Waals surface area contributed by atoms with Crippen molar-refractivity contribution in [3.05, 3.63) is 65.7 Å². The molecule has 0 spiro atoms. The Morgan fingerprint density at radius 3 is 2.25 bits per heavy atom. The molecule has 148 valence electrons. The number of hydrogen-bond donors (Lipinski definition) is 1. The number of nitrogens with zero attached hydrogens (tertiary/aromatic N) is 2. The van der Waals surface area contributed by atoms with E-state index in [1.807, 2.05) is 17.9 Å². The van der Waals surface area contributed by atoms with Gasteiger partial charge in [0.1, 0.15) is 6.04 Å². The third-order valence-corrected chi connectivity index (χ3v) is 4.99. The average Bonchev–Trinajstić information content (AvgIpc) is 2.74. The maximum Gasteiger partial charge on any atom is 0.337 e. The molecule has 1 amide bonds. The molecule has 1 N–H and O–H groups in total. The van der Waals surface area contributed by atoms with Crippen molar-refractivity contribution in [2.45, 2.75) is 19.5 Å². The molecule has 1 aliphatic heterocycles. The summed E-state index contributed by atoms with van der Waals surface area (Å²) in [5.41, 5.74) is 2.59. The standard InChI is InChI=1S/C22H27N3O3/c1-17(23-20-10-8-19(9-11-20)22(27)28-2)21(26)25-14-12-24(13-15-25)16-18-6-4-3-5-7-18/h3-11,17,23H,12-16H2,1-2H3/t17-/m1/s1. The minimum Gasteiger partial charge on any atom is -0.465 e. The molecule has 0 aliphatic carbocycles. The van der Waals surface area contributed by atoms with Crippen molar-refractivity contribution >= 4 is 17.6 Å². The minimum atomic E-state index is -0.371. The maximum absolute atomic E-state index is 12.8. The van der Waals surface area contributed by atoms with Crippen LogP contribution in [0.25, 0.3) is 0 Å². The number of hydrogen-bond acceptors (Lipinski definition) is 5. The largest absolute Gasteiger partial charge is 0.465 e. The van der Waals surface area contributed by atoms with Gasteiger partial charge in [-0.1, -0.05) is 30.3 Å². The Balaban J connectivity index is 1.48. The van der Waals surface area contributed by atoms with Crippen LogP contribution in [-0.2, 0) is 16.1 Å². The zero-order chi connectivity index (χ0) is 19.9. The van der Waals surface area contributed by atoms with Crippen LogP contribution in [0, 0.1) is 0 Å². The van der Waals surface area contributed by atoms with Gasteiger partial charge < -0.3 is 15.0 Å². The molecular weight excluding hydrogens is 354 g/mol. The van der Waals surface area contributed by atoms with E-state index < -0.39 is 0 Å². The number of amides is 1. The van der Waals surface area contributed by atoms with E-state index in [4.69, 9.17) is 4.74 Å². The molecule has 2 aromatic rings. The lowest BCUT2D eigenvalue weighted by Crippen LogP contribution is -2.51. The predicted molar refractivity (Wildman–Crippen MR) is 109 cm³/mol. The second-order valence-electron chi connectivity index (χ2n) is 7.02. The molecule has 6 heteroatoms. The van der Waals surface area contributed by atoms with Gasteiger partial charge in [-0.2, -0.15) is 0 Å². The molecule has 0 saturated carbocycles. The first-order valence-corrected chi connectivity index (χ1v) is 9.57. The van der Waals surface area contributed by atoms with E-state index in [1.54, 1.807) is 24.3 Å². The van der Waals surface area contributed by atoms with Gasteiger partial charge in [-0.3, -0.25) is 9.69 Å². The monoisotopic (exact) mass is 381 g/mol. The topological polar surface area (TPSA) is 61.9 Å². The molecule has 1 saturated heterocycles. The first-order chi connectivity index (χ1) is 13.6. The molecule has 1 aliphatic rings. The Morgan fingerprint density at radius 1 is 1.00 bits per heavy atom. The number of anilines is 1. The number of methoxy groups -OCH3 is 1. The number of piperazine rings is 1. The molecule has 3 rings (SSSR count). The Bertz CT molecular complexity index is 784. The van der Waals surface area contributed by atoms with Crippen LogP contribution >= 0.6 is 0 Å². The first kappa shape index (κ1) is 19.9. The van der Waals surface area contributed by atoms with Gasteiger partial charge in [0.2, 0.25) is 5.91 Å². The van der Waals surface area contributed by atoms with E-state index in [2.05, 4.69) is 34.5 Å². The minimum absolute atomic E-state index is 0.0939. The zero-order valence-electron chi connectivity index (χ0n) is 16.4. The van der Waals surface area contributed by atoms with Crippen LogP contribution in [0.5, 0.6) is 0 Å². The van der Waals surface area contributed by atoms with Crippen molar-refractivity contribution in [3.8, 4) is 0 Å². The molecule has 2 aromatic carbocycles. The zero-order valence-corrected chi connectivity index (χ0v) is 16.4. The van der Waals surface area contributed by atoms with Gasteiger partial charge in [-0.05, 0) is 36.8 Å². The fourth-order valence-corrected chi connectivity index (χ4v) is 3.37. The summed E-state index contributed by atoms with van der Waals surface area (Å²) in [6, 6.07) is 17.0. The third kappa shape index (κ3) is 5.10. The van der Waals surface area contributed by atoms with Crippen molar-refractivity contribution in [1.29, 1.82) is 0 Å². The highest BCUT2D eigenvalue weighted by atomic mass is 16.5. The van der Waals surface area contributed by atoms with Crippen LogP contribution in [-0.4, -0.2) is 61.0 Å². The van der Waals surface area contributed by atoms with Crippen molar-refractivity contribution in [2.24, 2.45) is 0 Å². The Kier molecular flexibility index (Phi) is 6.66. The maximum atomic E-state index is 12.8. The lowest BCUT2D eigenvalue weighted by molar-refractivity contribution is -0.133. The number of esters is 1. The van der Waals surface area contributed by atoms with Crippen LogP contribution in [0.3, 0.4) is 0 Å². The summed E-state index contributed by atoms with van der Waals surface area (Å²) in [5, 5.41) is 3.22. The Hall–Kier alpha value is -2.86. The molecule has 6 nitrogen and oxygen atoms in total. The van der Waals surface area contributed by atoms with Gasteiger partial charge in [-0.25, -0.2) is 4.79 Å². The number of ether oxygens (including phenoxy) is 1. The number of rotatable bonds is 6. The molecule has 28 heavy (non-hydrogen) atoms. The van der Waals surface area contributed by atoms with Gasteiger partial charge in [-0.15, -0.1) is 0 Å². The molecule has 0 bridgehead atoms. The van der Waals surface area contributed by atoms with Gasteiger partial charge >= 0.3 is 5.97 Å². The SMILES string of the molecule is COC(=O)c1ccc(N[C@H](C)C(=O)N2CCN(Cc3ccccc3)CC2)cc1. The molecule has 1 fully saturated rings. The Morgan fingerprint density at radius 2 is 1.64 bits per heavy atom. The summed E-state index contributed by atoms with van der Waals surface area (Å²) in [5.74, 6) is -0.277. The quantitative estimate of drug-likeness (QED) is 0.780. The normalized spacial score (nSPS) is 15.7. The third-order valence-electron chi connectivity index (χ3n) is 4.99. The summed E-state index contributed by atoms with van der Waals surface area (Å²) in [6.07, 6.45) is 0. The average molecular weight is 381 g/mol. The number of nitrogens with one attached hydrogen (secondary N) is 1. The summed E-state index contributed by atoms with van der Waals surface area (Å²) in [7, 11) is 1.36. The van der Waals surface area contributed by atoms with Crippen LogP contribution in [0.1, 0.15) is 22.8 Å². The summed E-state index contributed by atoms with van der Waals surface area (Å²) >= 11 is 0. The van der Waals surface area contributed by atoms with E-state index >= 15 is 0 Å². The van der Waals surface area contributed by atoms with Crippen molar-refractivity contribution in [1.82, 2.24) is 9.80 Å². The van der Waals surface area contributed by atoms with Gasteiger partial charge in [0, 0.05) is 38.4 Å². The summed E-state index contributed by atoms with van der Waals surface area (Å²) in [6.45, 7) is 6.01. The smallest absolute Gasteiger partial charge is 0.337 e. The first-order valence-electron chi connectivity index (χ1n) is 9.57. The second kappa shape index (κ2) is 9.37. The molecule has 0 unspecified atom stereocenters. The summed E-state index contributed by atoms with van der Waals surface area (Å²) in [4.78, 5) is 28.6. The number of benzene rings is 2. The van der Waals surface area contributed by atoms with Crippen molar-refractivity contribution in [3.63, 3.8) is 0 Å². The second-order valence-corrected chi connectivity index (χ2v) is 7.02. The lowest BCUT2D eigenvalue weighted by Gasteiger charge is -2.36. The Labute approximate surface area is 166 Å². The fourth-order valence-electron chi connectivity index (χ4n) is 3.37. The van der Waals surface area contributed by atoms with Gasteiger partial charge in [0.15, 0.2) is 0 Å². The molecule has 0 aromatic heterocycles. The van der Waals surface area contributed by atoms with Crippen molar-refractivity contribution in [2.75, 3.05) is 38.6 Å². The molecule has 1 atom stereocenters. The fraction of sp³-hybridized carbons (Fsp3) is 0.364. The van der Waals surface area contributed by atoms with E-state index in [9.17, 15) is 9.59 Å². The highest BCUT2D eigenvalue weighted by molar-refractivity contribution is 5.90. The van der Waals surface area contributed by atoms with E-state index in [1.165, 1.54) is 12.7 Å². The number of carbonyl (C=O) groups is 2. The van der Waals surface area contributed by atoms with Gasteiger partial charge in [0.05, 0.1) is 12.7 Å². The molecule has 0 radical (unpaired) electrons. The number of carbonyl (C=O) groups excluding carboxylic acids is 2. The summed E-state index contributed by atoms with van der Waals surface area (Å²) < 4.78 is 4.70. The molecule has 1 heterocycles. The van der Waals surface area contributed by atoms with Crippen LogP contribution in [0.15, 0.2) is 54.6 Å². The van der Waals surface area contributed by atoms with Gasteiger partial charge in [0.25, 0.3) is 0 Å². The highest BCUT2D eigenvalue weighted by Crippen LogP contribution is 2.14. The van der Waals surface area contributed by atoms with Crippen LogP contribution in [0.4, 0.5) is 5.69 Å². The van der Waals surface area contributed by atoms with Crippen LogP contribution in [0.2, 0.25) is 0 Å². The van der Waals surface area contributed by atoms with Crippen LogP contribution < -0.4 is 5.32 Å². The highest BCUT2D eigenvalue weighted by Gasteiger charge is 2.25. The van der Waals surface area contributed by atoms with E-state index in [-0.39, 0.29) is 17.9 Å². The predicted octanol–water partition coefficient (Wildman–Crippen LogP) is 2.62. The molecular formula is C22H27N3O3. The van der Waals surface area contributed by atoms with E-state index in [0.29, 0.717) is 5.56 Å². The van der Waals surface area contributed by atoms with Crippen molar-refractivity contribution < 1.29 is 14.3 Å². The van der Waals surface area contributed by atoms with E-state index in [0.717, 1.165) is 38.4 Å². The lowest BCUT2D eigenvalue weighted by atomic mass is 10.1.